The van der Waals surface area contributed by atoms with Crippen molar-refractivity contribution < 1.29 is 4.74 Å². The SMILES string of the molecule is CCCOc1ccccc1NC1CCCN(CCC)CC1. The third-order valence-corrected chi connectivity index (χ3v) is 4.07. The van der Waals surface area contributed by atoms with Crippen molar-refractivity contribution in [1.82, 2.24) is 4.90 Å². The predicted molar refractivity (Wildman–Crippen MR) is 90.2 cm³/mol. The van der Waals surface area contributed by atoms with Gasteiger partial charge in [-0.3, -0.25) is 0 Å². The Kier molecular flexibility index (Phi) is 6.87. The maximum atomic E-state index is 5.85. The highest BCUT2D eigenvalue weighted by atomic mass is 16.5. The Balaban J connectivity index is 1.92. The van der Waals surface area contributed by atoms with Crippen LogP contribution in [0.5, 0.6) is 5.75 Å². The molecular weight excluding hydrogens is 260 g/mol. The fourth-order valence-corrected chi connectivity index (χ4v) is 2.98. The monoisotopic (exact) mass is 290 g/mol. The molecule has 0 aliphatic carbocycles. The van der Waals surface area contributed by atoms with Crippen LogP contribution in [0, 0.1) is 0 Å². The number of nitrogens with zero attached hydrogens (tertiary/aromatic N) is 1. The molecule has 1 aliphatic heterocycles. The minimum atomic E-state index is 0.568. The zero-order valence-corrected chi connectivity index (χ0v) is 13.6. The van der Waals surface area contributed by atoms with Crippen molar-refractivity contribution >= 4 is 5.69 Å². The molecule has 0 radical (unpaired) electrons. The summed E-state index contributed by atoms with van der Waals surface area (Å²) in [5.41, 5.74) is 1.15. The molecule has 2 rings (SSSR count). The molecular formula is C18H30N2O. The van der Waals surface area contributed by atoms with Crippen molar-refractivity contribution in [3.63, 3.8) is 0 Å². The second kappa shape index (κ2) is 8.93. The van der Waals surface area contributed by atoms with Gasteiger partial charge in [-0.15, -0.1) is 0 Å². The summed E-state index contributed by atoms with van der Waals surface area (Å²) in [4.78, 5) is 2.60. The summed E-state index contributed by atoms with van der Waals surface area (Å²) in [5, 5.41) is 3.71. The Hall–Kier alpha value is -1.22. The molecule has 0 saturated carbocycles. The van der Waals surface area contributed by atoms with E-state index in [0.29, 0.717) is 6.04 Å². The number of likely N-dealkylation sites (tertiary alicyclic amines) is 1. The molecule has 3 heteroatoms. The summed E-state index contributed by atoms with van der Waals surface area (Å²) >= 11 is 0. The van der Waals surface area contributed by atoms with E-state index in [2.05, 4.69) is 42.3 Å². The first-order chi connectivity index (χ1) is 10.3. The third-order valence-electron chi connectivity index (χ3n) is 4.07. The van der Waals surface area contributed by atoms with E-state index in [-0.39, 0.29) is 0 Å². The van der Waals surface area contributed by atoms with Gasteiger partial charge < -0.3 is 15.0 Å². The van der Waals surface area contributed by atoms with Gasteiger partial charge >= 0.3 is 0 Å². The zero-order valence-electron chi connectivity index (χ0n) is 13.6. The van der Waals surface area contributed by atoms with E-state index in [0.717, 1.165) is 24.5 Å². The van der Waals surface area contributed by atoms with Crippen molar-refractivity contribution in [2.24, 2.45) is 0 Å². The summed E-state index contributed by atoms with van der Waals surface area (Å²) in [6.07, 6.45) is 6.07. The molecule has 21 heavy (non-hydrogen) atoms. The number of hydrogen-bond donors (Lipinski definition) is 1. The minimum Gasteiger partial charge on any atom is -0.491 e. The van der Waals surface area contributed by atoms with Crippen LogP contribution in [0.2, 0.25) is 0 Å². The van der Waals surface area contributed by atoms with E-state index in [4.69, 9.17) is 4.74 Å². The Labute approximate surface area is 129 Å². The fraction of sp³-hybridized carbons (Fsp3) is 0.667. The predicted octanol–water partition coefficient (Wildman–Crippen LogP) is 4.15. The van der Waals surface area contributed by atoms with Crippen LogP contribution in [0.1, 0.15) is 46.0 Å². The second-order valence-electron chi connectivity index (χ2n) is 5.96. The molecule has 3 nitrogen and oxygen atoms in total. The van der Waals surface area contributed by atoms with Gasteiger partial charge in [0.15, 0.2) is 0 Å². The van der Waals surface area contributed by atoms with Gasteiger partial charge in [-0.05, 0) is 57.3 Å². The van der Waals surface area contributed by atoms with Gasteiger partial charge in [0.05, 0.1) is 12.3 Å². The van der Waals surface area contributed by atoms with Gasteiger partial charge in [0.2, 0.25) is 0 Å². The number of anilines is 1. The molecule has 1 atom stereocenters. The smallest absolute Gasteiger partial charge is 0.142 e. The molecule has 118 valence electrons. The standard InChI is InChI=1S/C18H30N2O/c1-3-12-20-13-7-8-16(11-14-20)19-17-9-5-6-10-18(17)21-15-4-2/h5-6,9-10,16,19H,3-4,7-8,11-15H2,1-2H3. The van der Waals surface area contributed by atoms with Crippen LogP contribution >= 0.6 is 0 Å². The van der Waals surface area contributed by atoms with Gasteiger partial charge in [-0.1, -0.05) is 26.0 Å². The normalized spacial score (nSPS) is 20.0. The lowest BCUT2D eigenvalue weighted by atomic mass is 10.1. The Morgan fingerprint density at radius 2 is 2.00 bits per heavy atom. The Morgan fingerprint density at radius 3 is 2.81 bits per heavy atom. The summed E-state index contributed by atoms with van der Waals surface area (Å²) < 4.78 is 5.85. The number of hydrogen-bond acceptors (Lipinski definition) is 3. The lowest BCUT2D eigenvalue weighted by molar-refractivity contribution is 0.285. The van der Waals surface area contributed by atoms with E-state index < -0.39 is 0 Å². The van der Waals surface area contributed by atoms with Crippen molar-refractivity contribution in [3.8, 4) is 5.75 Å². The van der Waals surface area contributed by atoms with Crippen molar-refractivity contribution in [1.29, 1.82) is 0 Å². The summed E-state index contributed by atoms with van der Waals surface area (Å²) in [6.45, 7) is 8.89. The molecule has 1 unspecified atom stereocenters. The molecule has 1 saturated heterocycles. The molecule has 1 aromatic rings. The third kappa shape index (κ3) is 5.24. The van der Waals surface area contributed by atoms with E-state index >= 15 is 0 Å². The fourth-order valence-electron chi connectivity index (χ4n) is 2.98. The van der Waals surface area contributed by atoms with Crippen molar-refractivity contribution in [3.05, 3.63) is 24.3 Å². The maximum Gasteiger partial charge on any atom is 0.142 e. The average molecular weight is 290 g/mol. The van der Waals surface area contributed by atoms with Crippen LogP contribution in [0.15, 0.2) is 24.3 Å². The highest BCUT2D eigenvalue weighted by Gasteiger charge is 2.17. The molecule has 0 aromatic heterocycles. The first-order valence-corrected chi connectivity index (χ1v) is 8.54. The number of para-hydroxylation sites is 2. The highest BCUT2D eigenvalue weighted by molar-refractivity contribution is 5.56. The van der Waals surface area contributed by atoms with E-state index in [1.54, 1.807) is 0 Å². The summed E-state index contributed by atoms with van der Waals surface area (Å²) in [5.74, 6) is 0.994. The van der Waals surface area contributed by atoms with Crippen LogP contribution in [-0.4, -0.2) is 37.2 Å². The minimum absolute atomic E-state index is 0.568. The lowest BCUT2D eigenvalue weighted by Crippen LogP contribution is -2.27. The topological polar surface area (TPSA) is 24.5 Å². The molecule has 0 bridgehead atoms. The Bertz CT molecular complexity index is 408. The first kappa shape index (κ1) is 16.2. The summed E-state index contributed by atoms with van der Waals surface area (Å²) in [6, 6.07) is 8.91. The molecule has 1 aliphatic rings. The molecule has 1 heterocycles. The average Bonchev–Trinajstić information content (AvgIpc) is 2.72. The largest absolute Gasteiger partial charge is 0.491 e. The quantitative estimate of drug-likeness (QED) is 0.816. The first-order valence-electron chi connectivity index (χ1n) is 8.54. The zero-order chi connectivity index (χ0) is 14.9. The Morgan fingerprint density at radius 1 is 1.14 bits per heavy atom. The molecule has 1 fully saturated rings. The number of rotatable bonds is 7. The van der Waals surface area contributed by atoms with Crippen LogP contribution in [0.4, 0.5) is 5.69 Å². The van der Waals surface area contributed by atoms with Gasteiger partial charge in [0.25, 0.3) is 0 Å². The molecule has 0 amide bonds. The van der Waals surface area contributed by atoms with Crippen molar-refractivity contribution in [2.75, 3.05) is 31.6 Å². The van der Waals surface area contributed by atoms with Crippen LogP contribution in [-0.2, 0) is 0 Å². The van der Waals surface area contributed by atoms with Crippen LogP contribution in [0.3, 0.4) is 0 Å². The van der Waals surface area contributed by atoms with Crippen LogP contribution in [0.25, 0.3) is 0 Å². The number of nitrogens with one attached hydrogen (secondary N) is 1. The molecule has 1 aromatic carbocycles. The number of benzene rings is 1. The van der Waals surface area contributed by atoms with E-state index in [1.165, 1.54) is 45.3 Å². The van der Waals surface area contributed by atoms with Gasteiger partial charge in [0.1, 0.15) is 5.75 Å². The highest BCUT2D eigenvalue weighted by Crippen LogP contribution is 2.26. The molecule has 1 N–H and O–H groups in total. The lowest BCUT2D eigenvalue weighted by Gasteiger charge is -2.21. The van der Waals surface area contributed by atoms with Crippen LogP contribution < -0.4 is 10.1 Å². The van der Waals surface area contributed by atoms with Crippen molar-refractivity contribution in [2.45, 2.75) is 52.0 Å². The van der Waals surface area contributed by atoms with Gasteiger partial charge in [-0.25, -0.2) is 0 Å². The second-order valence-corrected chi connectivity index (χ2v) is 5.96. The maximum absolute atomic E-state index is 5.85. The molecule has 0 spiro atoms. The van der Waals surface area contributed by atoms with E-state index in [9.17, 15) is 0 Å². The van der Waals surface area contributed by atoms with E-state index in [1.807, 2.05) is 6.07 Å². The van der Waals surface area contributed by atoms with Gasteiger partial charge in [0, 0.05) is 12.6 Å². The van der Waals surface area contributed by atoms with Gasteiger partial charge in [-0.2, -0.15) is 0 Å². The summed E-state index contributed by atoms with van der Waals surface area (Å²) in [7, 11) is 0. The number of ether oxygens (including phenoxy) is 1.